The molecule has 2 heterocycles. The SMILES string of the molecule is Cc1cc2c3c(c1)N(c1ccc(C(C)(C)C)cc1-c1ccc(C(C)(C)C)cc1)c1ccc(C(C)(C)C)cc1B3c1cc(C(C)(C)C)ccc1N2c1ccc(C(C)(C)C)cc1. The maximum absolute atomic E-state index is 2.61. The Bertz CT molecular complexity index is 2610. The highest BCUT2D eigenvalue weighted by Crippen LogP contribution is 2.48. The van der Waals surface area contributed by atoms with E-state index in [2.05, 4.69) is 236 Å². The molecule has 8 rings (SSSR count). The molecule has 2 aliphatic rings. The number of rotatable bonds is 3. The van der Waals surface area contributed by atoms with Gasteiger partial charge in [-0.15, -0.1) is 0 Å². The Labute approximate surface area is 363 Å². The average Bonchev–Trinajstić information content (AvgIpc) is 3.15. The second-order valence-electron chi connectivity index (χ2n) is 23.0. The van der Waals surface area contributed by atoms with Gasteiger partial charge in [0.2, 0.25) is 0 Å². The van der Waals surface area contributed by atoms with Crippen molar-refractivity contribution in [2.75, 3.05) is 9.80 Å². The number of anilines is 6. The zero-order valence-electron chi connectivity index (χ0n) is 39.4. The van der Waals surface area contributed by atoms with Gasteiger partial charge in [-0.1, -0.05) is 171 Å². The fourth-order valence-electron chi connectivity index (χ4n) is 9.30. The van der Waals surface area contributed by atoms with Crippen molar-refractivity contribution in [3.63, 3.8) is 0 Å². The number of nitrogens with zero attached hydrogens (tertiary/aromatic N) is 2. The van der Waals surface area contributed by atoms with Crippen LogP contribution in [0, 0.1) is 6.92 Å². The maximum atomic E-state index is 2.61. The van der Waals surface area contributed by atoms with E-state index >= 15 is 0 Å². The monoisotopic (exact) mass is 791 g/mol. The lowest BCUT2D eigenvalue weighted by Gasteiger charge is -2.45. The summed E-state index contributed by atoms with van der Waals surface area (Å²) >= 11 is 0. The third-order valence-corrected chi connectivity index (χ3v) is 13.1. The quantitative estimate of drug-likeness (QED) is 0.165. The number of benzene rings is 6. The van der Waals surface area contributed by atoms with Crippen LogP contribution in [0.5, 0.6) is 0 Å². The number of hydrogen-bond acceptors (Lipinski definition) is 2. The van der Waals surface area contributed by atoms with Crippen molar-refractivity contribution >= 4 is 57.2 Å². The highest BCUT2D eigenvalue weighted by molar-refractivity contribution is 7.00. The van der Waals surface area contributed by atoms with Crippen molar-refractivity contribution in [2.45, 2.75) is 138 Å². The van der Waals surface area contributed by atoms with Gasteiger partial charge in [0, 0.05) is 34.0 Å². The smallest absolute Gasteiger partial charge is 0.252 e. The summed E-state index contributed by atoms with van der Waals surface area (Å²) in [4.78, 5) is 5.17. The van der Waals surface area contributed by atoms with E-state index < -0.39 is 0 Å². The summed E-state index contributed by atoms with van der Waals surface area (Å²) in [6.45, 7) is 37.2. The minimum absolute atomic E-state index is 0.00632. The molecule has 3 heteroatoms. The molecule has 0 saturated carbocycles. The molecule has 0 radical (unpaired) electrons. The van der Waals surface area contributed by atoms with Crippen LogP contribution in [0.3, 0.4) is 0 Å². The van der Waals surface area contributed by atoms with Crippen LogP contribution < -0.4 is 26.2 Å². The Morgan fingerprint density at radius 1 is 0.350 bits per heavy atom. The second-order valence-corrected chi connectivity index (χ2v) is 23.0. The van der Waals surface area contributed by atoms with Gasteiger partial charge in [0.1, 0.15) is 0 Å². The molecular formula is C57H67BN2. The molecule has 0 saturated heterocycles. The standard InChI is InChI=1S/C57H67BN2/c1-36-31-50-52-51(32-36)60(47-28-23-40(55(8,9)10)33-44(47)37-17-19-38(20-18-37)53(2,3)4)49-30-25-42(57(14,15)16)35-46(49)58(52)45-34-41(56(11,12)13)24-29-48(45)59(50)43-26-21-39(22-27-43)54(5,6)7/h17-35H,1-16H3. The lowest BCUT2D eigenvalue weighted by Crippen LogP contribution is -2.61. The zero-order chi connectivity index (χ0) is 43.5. The summed E-state index contributed by atoms with van der Waals surface area (Å²) in [5, 5.41) is 0. The summed E-state index contributed by atoms with van der Waals surface area (Å²) in [5.74, 6) is 0. The number of fused-ring (bicyclic) bond motifs is 4. The van der Waals surface area contributed by atoms with E-state index in [-0.39, 0.29) is 33.8 Å². The van der Waals surface area contributed by atoms with Crippen molar-refractivity contribution < 1.29 is 0 Å². The first-order chi connectivity index (χ1) is 27.8. The molecule has 0 unspecified atom stereocenters. The third kappa shape index (κ3) is 7.31. The van der Waals surface area contributed by atoms with E-state index in [0.29, 0.717) is 0 Å². The Morgan fingerprint density at radius 3 is 1.17 bits per heavy atom. The van der Waals surface area contributed by atoms with Gasteiger partial charge in [-0.3, -0.25) is 0 Å². The molecule has 0 amide bonds. The number of hydrogen-bond donors (Lipinski definition) is 0. The molecule has 0 N–H and O–H groups in total. The van der Waals surface area contributed by atoms with E-state index in [4.69, 9.17) is 0 Å². The van der Waals surface area contributed by atoms with Gasteiger partial charge in [0.05, 0.1) is 5.69 Å². The summed E-state index contributed by atoms with van der Waals surface area (Å²) < 4.78 is 0. The van der Waals surface area contributed by atoms with Crippen LogP contribution in [0.1, 0.15) is 137 Å². The summed E-state index contributed by atoms with van der Waals surface area (Å²) in [5.41, 5.74) is 22.1. The van der Waals surface area contributed by atoms with Gasteiger partial charge >= 0.3 is 0 Å². The topological polar surface area (TPSA) is 6.48 Å². The molecule has 0 fully saturated rings. The number of aryl methyl sites for hydroxylation is 1. The zero-order valence-corrected chi connectivity index (χ0v) is 39.4. The second kappa shape index (κ2) is 14.0. The summed E-state index contributed by atoms with van der Waals surface area (Å²) in [6, 6.07) is 45.5. The fourth-order valence-corrected chi connectivity index (χ4v) is 9.30. The largest absolute Gasteiger partial charge is 0.311 e. The molecule has 60 heavy (non-hydrogen) atoms. The molecule has 308 valence electrons. The van der Waals surface area contributed by atoms with Crippen LogP contribution in [0.4, 0.5) is 34.1 Å². The van der Waals surface area contributed by atoms with Crippen LogP contribution in [0.2, 0.25) is 0 Å². The molecule has 2 aliphatic heterocycles. The fraction of sp³-hybridized carbons (Fsp3) is 0.368. The van der Waals surface area contributed by atoms with Gasteiger partial charge in [-0.2, -0.15) is 0 Å². The molecular weight excluding hydrogens is 723 g/mol. The lowest BCUT2D eigenvalue weighted by atomic mass is 9.33. The van der Waals surface area contributed by atoms with E-state index in [0.717, 1.165) is 0 Å². The van der Waals surface area contributed by atoms with Gasteiger partial charge in [-0.25, -0.2) is 0 Å². The summed E-state index contributed by atoms with van der Waals surface area (Å²) in [7, 11) is 0. The van der Waals surface area contributed by atoms with E-state index in [1.807, 2.05) is 0 Å². The van der Waals surface area contributed by atoms with Gasteiger partial charge in [-0.05, 0) is 138 Å². The van der Waals surface area contributed by atoms with E-state index in [9.17, 15) is 0 Å². The first-order valence-electron chi connectivity index (χ1n) is 22.2. The van der Waals surface area contributed by atoms with Crippen LogP contribution in [0.15, 0.2) is 115 Å². The van der Waals surface area contributed by atoms with Gasteiger partial charge < -0.3 is 9.80 Å². The molecule has 6 aromatic carbocycles. The Kier molecular flexibility index (Phi) is 9.74. The maximum Gasteiger partial charge on any atom is 0.252 e. The van der Waals surface area contributed by atoms with Crippen molar-refractivity contribution in [2.24, 2.45) is 0 Å². The lowest BCUT2D eigenvalue weighted by molar-refractivity contribution is 0.590. The molecule has 0 atom stereocenters. The summed E-state index contributed by atoms with van der Waals surface area (Å²) in [6.07, 6.45) is 0. The normalized spacial score (nSPS) is 14.2. The van der Waals surface area contributed by atoms with E-state index in [1.165, 1.54) is 95.0 Å². The Morgan fingerprint density at radius 2 is 0.717 bits per heavy atom. The molecule has 0 aromatic heterocycles. The van der Waals surface area contributed by atoms with Crippen LogP contribution in [0.25, 0.3) is 11.1 Å². The Hall–Kier alpha value is -5.02. The first kappa shape index (κ1) is 41.7. The molecule has 0 spiro atoms. The van der Waals surface area contributed by atoms with Gasteiger partial charge in [0.15, 0.2) is 0 Å². The minimum atomic E-state index is -0.0177. The van der Waals surface area contributed by atoms with Crippen molar-refractivity contribution in [1.29, 1.82) is 0 Å². The van der Waals surface area contributed by atoms with Crippen LogP contribution in [-0.2, 0) is 27.1 Å². The van der Waals surface area contributed by atoms with Crippen LogP contribution >= 0.6 is 0 Å². The molecule has 0 aliphatic carbocycles. The van der Waals surface area contributed by atoms with E-state index in [1.54, 1.807) is 0 Å². The molecule has 6 aromatic rings. The van der Waals surface area contributed by atoms with Gasteiger partial charge in [0.25, 0.3) is 6.71 Å². The van der Waals surface area contributed by atoms with Crippen molar-refractivity contribution in [3.8, 4) is 11.1 Å². The molecule has 0 bridgehead atoms. The van der Waals surface area contributed by atoms with Crippen molar-refractivity contribution in [3.05, 3.63) is 149 Å². The highest BCUT2D eigenvalue weighted by atomic mass is 15.2. The van der Waals surface area contributed by atoms with Crippen LogP contribution in [-0.4, -0.2) is 6.71 Å². The third-order valence-electron chi connectivity index (χ3n) is 13.1. The minimum Gasteiger partial charge on any atom is -0.311 e. The average molecular weight is 791 g/mol. The Balaban J connectivity index is 1.48. The van der Waals surface area contributed by atoms with Crippen molar-refractivity contribution in [1.82, 2.24) is 0 Å². The predicted molar refractivity (Wildman–Crippen MR) is 264 cm³/mol. The first-order valence-corrected chi connectivity index (χ1v) is 22.2. The predicted octanol–water partition coefficient (Wildman–Crippen LogP) is 14.2. The highest BCUT2D eigenvalue weighted by Gasteiger charge is 2.44. The molecule has 2 nitrogen and oxygen atoms in total.